The molecule has 0 saturated carbocycles. The Kier molecular flexibility index (Phi) is 4.24. The van der Waals surface area contributed by atoms with Gasteiger partial charge in [0.15, 0.2) is 0 Å². The summed E-state index contributed by atoms with van der Waals surface area (Å²) in [4.78, 5) is 16.1. The highest BCUT2D eigenvalue weighted by atomic mass is 16.5. The van der Waals surface area contributed by atoms with E-state index in [9.17, 15) is 4.79 Å². The predicted octanol–water partition coefficient (Wildman–Crippen LogP) is 2.04. The van der Waals surface area contributed by atoms with E-state index >= 15 is 0 Å². The van der Waals surface area contributed by atoms with Crippen LogP contribution in [0.4, 0.5) is 5.69 Å². The lowest BCUT2D eigenvalue weighted by Gasteiger charge is -2.09. The van der Waals surface area contributed by atoms with Crippen molar-refractivity contribution >= 4 is 5.69 Å². The summed E-state index contributed by atoms with van der Waals surface area (Å²) in [5.41, 5.74) is 5.97. The highest BCUT2D eigenvalue weighted by molar-refractivity contribution is 5.56. The van der Waals surface area contributed by atoms with E-state index in [0.29, 0.717) is 23.7 Å². The van der Waals surface area contributed by atoms with Crippen LogP contribution in [-0.2, 0) is 6.54 Å². The van der Waals surface area contributed by atoms with Gasteiger partial charge in [-0.15, -0.1) is 0 Å². The molecule has 2 aromatic rings. The lowest BCUT2D eigenvalue weighted by Crippen LogP contribution is -2.21. The first-order chi connectivity index (χ1) is 9.65. The van der Waals surface area contributed by atoms with Gasteiger partial charge in [-0.2, -0.15) is 0 Å². The molecular weight excluding hydrogens is 258 g/mol. The van der Waals surface area contributed by atoms with Gasteiger partial charge in [-0.25, -0.2) is 4.98 Å². The van der Waals surface area contributed by atoms with E-state index in [-0.39, 0.29) is 11.4 Å². The second kappa shape index (κ2) is 6.10. The Bertz CT molecular complexity index is 652. The summed E-state index contributed by atoms with van der Waals surface area (Å²) in [6.45, 7) is 2.63. The molecule has 0 radical (unpaired) electrons. The molecule has 0 aliphatic heterocycles. The Morgan fingerprint density at radius 3 is 2.85 bits per heavy atom. The summed E-state index contributed by atoms with van der Waals surface area (Å²) in [6.07, 6.45) is 4.04. The molecule has 0 saturated heterocycles. The number of nitrogen functional groups attached to an aromatic ring is 1. The minimum Gasteiger partial charge on any atom is -0.495 e. The van der Waals surface area contributed by atoms with Crippen LogP contribution in [-0.4, -0.2) is 16.7 Å². The SMILES string of the molecule is CCCn1ccnc(Oc2ccc(OC)c(N)c2)c1=O. The number of nitrogens with two attached hydrogens (primary N) is 1. The number of anilines is 1. The van der Waals surface area contributed by atoms with E-state index < -0.39 is 0 Å². The molecule has 2 N–H and O–H groups in total. The second-order valence-electron chi connectivity index (χ2n) is 4.24. The average molecular weight is 275 g/mol. The van der Waals surface area contributed by atoms with Gasteiger partial charge in [0.1, 0.15) is 11.5 Å². The number of rotatable bonds is 5. The van der Waals surface area contributed by atoms with Crippen molar-refractivity contribution in [1.82, 2.24) is 9.55 Å². The molecule has 0 spiro atoms. The minimum absolute atomic E-state index is 0.0329. The summed E-state index contributed by atoms with van der Waals surface area (Å²) < 4.78 is 12.1. The van der Waals surface area contributed by atoms with E-state index in [2.05, 4.69) is 4.98 Å². The maximum atomic E-state index is 12.1. The zero-order valence-corrected chi connectivity index (χ0v) is 11.5. The molecule has 0 bridgehead atoms. The van der Waals surface area contributed by atoms with Crippen LogP contribution in [0, 0.1) is 0 Å². The van der Waals surface area contributed by atoms with Crippen molar-refractivity contribution in [3.63, 3.8) is 0 Å². The Hall–Kier alpha value is -2.50. The lowest BCUT2D eigenvalue weighted by molar-refractivity contribution is 0.413. The third-order valence-electron chi connectivity index (χ3n) is 2.76. The van der Waals surface area contributed by atoms with Crippen molar-refractivity contribution in [1.29, 1.82) is 0 Å². The van der Waals surface area contributed by atoms with Crippen LogP contribution < -0.4 is 20.8 Å². The van der Waals surface area contributed by atoms with Crippen LogP contribution in [0.2, 0.25) is 0 Å². The molecule has 0 aliphatic rings. The van der Waals surface area contributed by atoms with Gasteiger partial charge >= 0.3 is 5.56 Å². The van der Waals surface area contributed by atoms with Crippen LogP contribution in [0.15, 0.2) is 35.4 Å². The number of hydrogen-bond acceptors (Lipinski definition) is 5. The quantitative estimate of drug-likeness (QED) is 0.845. The van der Waals surface area contributed by atoms with Gasteiger partial charge in [-0.3, -0.25) is 4.79 Å². The van der Waals surface area contributed by atoms with Gasteiger partial charge in [0, 0.05) is 25.0 Å². The zero-order valence-electron chi connectivity index (χ0n) is 11.5. The number of aromatic nitrogens is 2. The monoisotopic (exact) mass is 275 g/mol. The Labute approximate surface area is 116 Å². The molecule has 0 aliphatic carbocycles. The molecular formula is C14H17N3O3. The van der Waals surface area contributed by atoms with Crippen LogP contribution in [0.5, 0.6) is 17.4 Å². The van der Waals surface area contributed by atoms with Crippen LogP contribution >= 0.6 is 0 Å². The molecule has 6 nitrogen and oxygen atoms in total. The minimum atomic E-state index is -0.260. The normalized spacial score (nSPS) is 10.3. The molecule has 6 heteroatoms. The summed E-state index contributed by atoms with van der Waals surface area (Å²) in [5, 5.41) is 0. The van der Waals surface area contributed by atoms with Crippen molar-refractivity contribution in [3.8, 4) is 17.4 Å². The largest absolute Gasteiger partial charge is 0.495 e. The van der Waals surface area contributed by atoms with Crippen molar-refractivity contribution in [2.75, 3.05) is 12.8 Å². The van der Waals surface area contributed by atoms with Gasteiger partial charge in [-0.1, -0.05) is 6.92 Å². The smallest absolute Gasteiger partial charge is 0.313 e. The molecule has 0 amide bonds. The maximum Gasteiger partial charge on any atom is 0.313 e. The Morgan fingerprint density at radius 1 is 1.40 bits per heavy atom. The summed E-state index contributed by atoms with van der Waals surface area (Å²) in [7, 11) is 1.54. The first-order valence-electron chi connectivity index (χ1n) is 6.32. The summed E-state index contributed by atoms with van der Waals surface area (Å²) >= 11 is 0. The molecule has 0 atom stereocenters. The van der Waals surface area contributed by atoms with Gasteiger partial charge in [0.2, 0.25) is 0 Å². The highest BCUT2D eigenvalue weighted by Gasteiger charge is 2.08. The number of benzene rings is 1. The third-order valence-corrected chi connectivity index (χ3v) is 2.76. The second-order valence-corrected chi connectivity index (χ2v) is 4.24. The summed E-state index contributed by atoms with van der Waals surface area (Å²) in [5.74, 6) is 1.04. The number of aryl methyl sites for hydroxylation is 1. The fourth-order valence-corrected chi connectivity index (χ4v) is 1.80. The molecule has 106 valence electrons. The molecule has 1 aromatic carbocycles. The third kappa shape index (κ3) is 2.90. The Balaban J connectivity index is 2.28. The number of methoxy groups -OCH3 is 1. The highest BCUT2D eigenvalue weighted by Crippen LogP contribution is 2.27. The zero-order chi connectivity index (χ0) is 14.5. The summed E-state index contributed by atoms with van der Waals surface area (Å²) in [6, 6.07) is 4.95. The standard InChI is InChI=1S/C14H17N3O3/c1-3-7-17-8-6-16-13(14(17)18)20-10-4-5-12(19-2)11(15)9-10/h4-6,8-9H,3,7,15H2,1-2H3. The number of nitrogens with zero attached hydrogens (tertiary/aromatic N) is 2. The predicted molar refractivity (Wildman–Crippen MR) is 76.3 cm³/mol. The first kappa shape index (κ1) is 13.9. The fourth-order valence-electron chi connectivity index (χ4n) is 1.80. The van der Waals surface area contributed by atoms with Crippen LogP contribution in [0.3, 0.4) is 0 Å². The van der Waals surface area contributed by atoms with Crippen molar-refractivity contribution < 1.29 is 9.47 Å². The maximum absolute atomic E-state index is 12.1. The van der Waals surface area contributed by atoms with Crippen molar-refractivity contribution in [2.24, 2.45) is 0 Å². The average Bonchev–Trinajstić information content (AvgIpc) is 2.44. The molecule has 2 rings (SSSR count). The van der Waals surface area contributed by atoms with Crippen LogP contribution in [0.25, 0.3) is 0 Å². The van der Waals surface area contributed by atoms with E-state index in [4.69, 9.17) is 15.2 Å². The topological polar surface area (TPSA) is 79.4 Å². The van der Waals surface area contributed by atoms with Gasteiger partial charge in [0.05, 0.1) is 12.8 Å². The molecule has 20 heavy (non-hydrogen) atoms. The van der Waals surface area contributed by atoms with Gasteiger partial charge in [-0.05, 0) is 18.6 Å². The van der Waals surface area contributed by atoms with Crippen molar-refractivity contribution in [2.45, 2.75) is 19.9 Å². The van der Waals surface area contributed by atoms with E-state index in [0.717, 1.165) is 6.42 Å². The number of hydrogen-bond donors (Lipinski definition) is 1. The van der Waals surface area contributed by atoms with Gasteiger partial charge in [0.25, 0.3) is 5.88 Å². The molecule has 1 heterocycles. The van der Waals surface area contributed by atoms with Crippen LogP contribution in [0.1, 0.15) is 13.3 Å². The van der Waals surface area contributed by atoms with E-state index in [1.807, 2.05) is 6.92 Å². The fraction of sp³-hybridized carbons (Fsp3) is 0.286. The molecule has 0 fully saturated rings. The first-order valence-corrected chi connectivity index (χ1v) is 6.32. The molecule has 1 aromatic heterocycles. The molecule has 0 unspecified atom stereocenters. The van der Waals surface area contributed by atoms with Crippen molar-refractivity contribution in [3.05, 3.63) is 40.9 Å². The Morgan fingerprint density at radius 2 is 2.20 bits per heavy atom. The van der Waals surface area contributed by atoms with E-state index in [1.54, 1.807) is 35.2 Å². The van der Waals surface area contributed by atoms with Gasteiger partial charge < -0.3 is 19.8 Å². The number of ether oxygens (including phenoxy) is 2. The van der Waals surface area contributed by atoms with E-state index in [1.165, 1.54) is 7.11 Å². The lowest BCUT2D eigenvalue weighted by atomic mass is 10.3.